The normalized spacial score (nSPS) is 21.8. The molecule has 0 bridgehead atoms. The zero-order valence-electron chi connectivity index (χ0n) is 10.8. The fourth-order valence-electron chi connectivity index (χ4n) is 1.82. The van der Waals surface area contributed by atoms with Crippen LogP contribution >= 0.6 is 0 Å². The van der Waals surface area contributed by atoms with Gasteiger partial charge in [0.2, 0.25) is 5.91 Å². The molecule has 1 aliphatic heterocycles. The number of rotatable bonds is 4. The van der Waals surface area contributed by atoms with E-state index in [-0.39, 0.29) is 11.3 Å². The molecule has 3 nitrogen and oxygen atoms in total. The molecular formula is C13H25NO2. The molecule has 94 valence electrons. The molecule has 1 aliphatic rings. The summed E-state index contributed by atoms with van der Waals surface area (Å²) in [6.45, 7) is 8.87. The zero-order valence-corrected chi connectivity index (χ0v) is 10.8. The van der Waals surface area contributed by atoms with Crippen molar-refractivity contribution < 1.29 is 9.53 Å². The molecule has 0 aromatic carbocycles. The van der Waals surface area contributed by atoms with Crippen LogP contribution in [0, 0.1) is 11.3 Å². The van der Waals surface area contributed by atoms with E-state index in [9.17, 15) is 4.79 Å². The molecule has 1 saturated heterocycles. The van der Waals surface area contributed by atoms with Crippen molar-refractivity contribution in [3.63, 3.8) is 0 Å². The first-order chi connectivity index (χ1) is 7.47. The Labute approximate surface area is 98.9 Å². The third kappa shape index (κ3) is 6.11. The highest BCUT2D eigenvalue weighted by Crippen LogP contribution is 2.18. The van der Waals surface area contributed by atoms with Crippen LogP contribution in [-0.4, -0.2) is 25.7 Å². The van der Waals surface area contributed by atoms with E-state index in [2.05, 4.69) is 26.1 Å². The summed E-state index contributed by atoms with van der Waals surface area (Å²) in [4.78, 5) is 11.6. The van der Waals surface area contributed by atoms with Crippen LogP contribution in [-0.2, 0) is 9.53 Å². The maximum atomic E-state index is 11.6. The lowest BCUT2D eigenvalue weighted by atomic mass is 9.95. The van der Waals surface area contributed by atoms with Gasteiger partial charge in [-0.15, -0.1) is 0 Å². The zero-order chi connectivity index (χ0) is 12.0. The maximum Gasteiger partial charge on any atom is 0.220 e. The number of nitrogens with one attached hydrogen (secondary N) is 1. The molecule has 1 N–H and O–H groups in total. The molecule has 1 atom stereocenters. The van der Waals surface area contributed by atoms with Crippen LogP contribution in [0.1, 0.15) is 46.5 Å². The molecule has 16 heavy (non-hydrogen) atoms. The lowest BCUT2D eigenvalue weighted by Crippen LogP contribution is -2.32. The smallest absolute Gasteiger partial charge is 0.220 e. The fraction of sp³-hybridized carbons (Fsp3) is 0.923. The Morgan fingerprint density at radius 2 is 2.19 bits per heavy atom. The summed E-state index contributed by atoms with van der Waals surface area (Å²) in [6, 6.07) is 0. The van der Waals surface area contributed by atoms with Gasteiger partial charge in [-0.05, 0) is 30.6 Å². The van der Waals surface area contributed by atoms with Crippen molar-refractivity contribution >= 4 is 5.91 Å². The monoisotopic (exact) mass is 227 g/mol. The quantitative estimate of drug-likeness (QED) is 0.800. The molecule has 1 amide bonds. The molecule has 1 heterocycles. The van der Waals surface area contributed by atoms with Crippen LogP contribution in [0.25, 0.3) is 0 Å². The highest BCUT2D eigenvalue weighted by molar-refractivity contribution is 5.75. The van der Waals surface area contributed by atoms with Crippen molar-refractivity contribution in [3.8, 4) is 0 Å². The molecule has 0 radical (unpaired) electrons. The van der Waals surface area contributed by atoms with E-state index in [0.29, 0.717) is 12.3 Å². The Morgan fingerprint density at radius 1 is 1.44 bits per heavy atom. The van der Waals surface area contributed by atoms with Gasteiger partial charge >= 0.3 is 0 Å². The number of hydrogen-bond acceptors (Lipinski definition) is 2. The second-order valence-electron chi connectivity index (χ2n) is 5.96. The summed E-state index contributed by atoms with van der Waals surface area (Å²) < 4.78 is 5.40. The predicted octanol–water partition coefficient (Wildman–Crippen LogP) is 2.36. The molecule has 0 spiro atoms. The van der Waals surface area contributed by atoms with Crippen LogP contribution in [0.3, 0.4) is 0 Å². The average molecular weight is 227 g/mol. The minimum atomic E-state index is 0.170. The summed E-state index contributed by atoms with van der Waals surface area (Å²) >= 11 is 0. The highest BCUT2D eigenvalue weighted by atomic mass is 16.5. The van der Waals surface area contributed by atoms with Crippen LogP contribution in [0.2, 0.25) is 0 Å². The van der Waals surface area contributed by atoms with Gasteiger partial charge in [-0.25, -0.2) is 0 Å². The minimum absolute atomic E-state index is 0.170. The molecule has 0 saturated carbocycles. The minimum Gasteiger partial charge on any atom is -0.381 e. The Kier molecular flexibility index (Phi) is 5.26. The van der Waals surface area contributed by atoms with E-state index in [1.165, 1.54) is 6.42 Å². The number of carbonyl (C=O) groups excluding carboxylic acids is 1. The number of carbonyl (C=O) groups is 1. The van der Waals surface area contributed by atoms with Crippen molar-refractivity contribution in [1.29, 1.82) is 0 Å². The van der Waals surface area contributed by atoms with E-state index in [0.717, 1.165) is 32.6 Å². The van der Waals surface area contributed by atoms with E-state index >= 15 is 0 Å². The van der Waals surface area contributed by atoms with Gasteiger partial charge in [0.1, 0.15) is 0 Å². The number of amides is 1. The van der Waals surface area contributed by atoms with Gasteiger partial charge in [0.05, 0.1) is 0 Å². The molecule has 0 aromatic rings. The van der Waals surface area contributed by atoms with Gasteiger partial charge in [-0.2, -0.15) is 0 Å². The van der Waals surface area contributed by atoms with Gasteiger partial charge < -0.3 is 10.1 Å². The standard InChI is InChI=1S/C13H25NO2/c1-13(2,3)10-14-12(15)7-6-11-5-4-8-16-9-11/h11H,4-10H2,1-3H3,(H,14,15)/t11-/m1/s1. The number of hydrogen-bond donors (Lipinski definition) is 1. The van der Waals surface area contributed by atoms with Gasteiger partial charge in [0.25, 0.3) is 0 Å². The molecule has 0 aromatic heterocycles. The molecule has 1 fully saturated rings. The topological polar surface area (TPSA) is 38.3 Å². The first kappa shape index (κ1) is 13.5. The van der Waals surface area contributed by atoms with Gasteiger partial charge in [-0.3, -0.25) is 4.79 Å². The van der Waals surface area contributed by atoms with Crippen molar-refractivity contribution in [2.45, 2.75) is 46.5 Å². The van der Waals surface area contributed by atoms with E-state index in [4.69, 9.17) is 4.74 Å². The Balaban J connectivity index is 2.09. The SMILES string of the molecule is CC(C)(C)CNC(=O)CC[C@H]1CCCOC1. The summed E-state index contributed by atoms with van der Waals surface area (Å²) in [7, 11) is 0. The predicted molar refractivity (Wildman–Crippen MR) is 65.2 cm³/mol. The van der Waals surface area contributed by atoms with Gasteiger partial charge in [0, 0.05) is 26.2 Å². The Bertz CT molecular complexity index is 214. The third-order valence-electron chi connectivity index (χ3n) is 2.85. The molecule has 0 aliphatic carbocycles. The van der Waals surface area contributed by atoms with Crippen molar-refractivity contribution in [2.24, 2.45) is 11.3 Å². The van der Waals surface area contributed by atoms with Crippen molar-refractivity contribution in [1.82, 2.24) is 5.32 Å². The summed E-state index contributed by atoms with van der Waals surface area (Å²) in [5.74, 6) is 0.773. The molecule has 3 heteroatoms. The lowest BCUT2D eigenvalue weighted by molar-refractivity contribution is -0.122. The van der Waals surface area contributed by atoms with Crippen LogP contribution in [0.4, 0.5) is 0 Å². The summed E-state index contributed by atoms with van der Waals surface area (Å²) in [5.41, 5.74) is 0.170. The third-order valence-corrected chi connectivity index (χ3v) is 2.85. The van der Waals surface area contributed by atoms with Crippen LogP contribution in [0.5, 0.6) is 0 Å². The van der Waals surface area contributed by atoms with Gasteiger partial charge in [-0.1, -0.05) is 20.8 Å². The molecular weight excluding hydrogens is 202 g/mol. The number of ether oxygens (including phenoxy) is 1. The van der Waals surface area contributed by atoms with Crippen LogP contribution in [0.15, 0.2) is 0 Å². The first-order valence-corrected chi connectivity index (χ1v) is 6.32. The lowest BCUT2D eigenvalue weighted by Gasteiger charge is -2.22. The summed E-state index contributed by atoms with van der Waals surface area (Å²) in [6.07, 6.45) is 3.97. The van der Waals surface area contributed by atoms with Crippen molar-refractivity contribution in [2.75, 3.05) is 19.8 Å². The average Bonchev–Trinajstić information content (AvgIpc) is 2.24. The molecule has 1 rings (SSSR count). The Morgan fingerprint density at radius 3 is 2.75 bits per heavy atom. The van der Waals surface area contributed by atoms with E-state index < -0.39 is 0 Å². The summed E-state index contributed by atoms with van der Waals surface area (Å²) in [5, 5.41) is 2.98. The van der Waals surface area contributed by atoms with Crippen LogP contribution < -0.4 is 5.32 Å². The fourth-order valence-corrected chi connectivity index (χ4v) is 1.82. The van der Waals surface area contributed by atoms with Gasteiger partial charge in [0.15, 0.2) is 0 Å². The highest BCUT2D eigenvalue weighted by Gasteiger charge is 2.16. The maximum absolute atomic E-state index is 11.6. The Hall–Kier alpha value is -0.570. The van der Waals surface area contributed by atoms with Crippen molar-refractivity contribution in [3.05, 3.63) is 0 Å². The van der Waals surface area contributed by atoms with E-state index in [1.54, 1.807) is 0 Å². The first-order valence-electron chi connectivity index (χ1n) is 6.32. The molecule has 0 unspecified atom stereocenters. The largest absolute Gasteiger partial charge is 0.381 e. The van der Waals surface area contributed by atoms with E-state index in [1.807, 2.05) is 0 Å². The second kappa shape index (κ2) is 6.24. The second-order valence-corrected chi connectivity index (χ2v) is 5.96.